The van der Waals surface area contributed by atoms with E-state index in [0.29, 0.717) is 58.1 Å². The van der Waals surface area contributed by atoms with Gasteiger partial charge in [-0.3, -0.25) is 0 Å². The second-order valence-electron chi connectivity index (χ2n) is 15.9. The molecular formula is C46H58Br2O8S2. The summed E-state index contributed by atoms with van der Waals surface area (Å²) >= 11 is 6.98. The highest BCUT2D eigenvalue weighted by Crippen LogP contribution is 2.51. The van der Waals surface area contributed by atoms with Crippen molar-refractivity contribution in [3.63, 3.8) is 0 Å². The Morgan fingerprint density at radius 1 is 0.603 bits per heavy atom. The van der Waals surface area contributed by atoms with Gasteiger partial charge in [-0.25, -0.2) is 16.8 Å². The van der Waals surface area contributed by atoms with Gasteiger partial charge in [-0.15, -0.1) is 0 Å². The maximum absolute atomic E-state index is 13.4. The van der Waals surface area contributed by atoms with Gasteiger partial charge in [0, 0.05) is 31.6 Å². The average molecular weight is 963 g/mol. The quantitative estimate of drug-likeness (QED) is 0.144. The Bertz CT molecular complexity index is 2100. The summed E-state index contributed by atoms with van der Waals surface area (Å²) in [7, 11) is -3.88. The lowest BCUT2D eigenvalue weighted by Gasteiger charge is -2.39. The third-order valence-electron chi connectivity index (χ3n) is 12.5. The van der Waals surface area contributed by atoms with Crippen molar-refractivity contribution in [1.82, 2.24) is 0 Å². The molecule has 2 aliphatic rings. The number of rotatable bonds is 12. The Morgan fingerprint density at radius 3 is 1.31 bits per heavy atom. The van der Waals surface area contributed by atoms with Crippen LogP contribution in [0.25, 0.3) is 0 Å². The number of fused-ring (bicyclic) bond motifs is 2. The average Bonchev–Trinajstić information content (AvgIpc) is 3.33. The third-order valence-corrected chi connectivity index (χ3v) is 17.5. The molecule has 0 saturated heterocycles. The van der Waals surface area contributed by atoms with E-state index < -0.39 is 54.5 Å². The lowest BCUT2D eigenvalue weighted by atomic mass is 9.69. The van der Waals surface area contributed by atoms with Gasteiger partial charge in [0.25, 0.3) is 0 Å². The van der Waals surface area contributed by atoms with Crippen molar-refractivity contribution in [2.24, 2.45) is 10.8 Å². The predicted molar refractivity (Wildman–Crippen MR) is 239 cm³/mol. The molecule has 0 spiro atoms. The summed E-state index contributed by atoms with van der Waals surface area (Å²) in [6.45, 7) is 8.16. The molecule has 0 aromatic heterocycles. The van der Waals surface area contributed by atoms with Crippen LogP contribution in [0.5, 0.6) is 11.5 Å². The molecular weight excluding hydrogens is 904 g/mol. The van der Waals surface area contributed by atoms with Crippen molar-refractivity contribution in [2.75, 3.05) is 25.7 Å². The first kappa shape index (κ1) is 46.3. The maximum Gasteiger partial charge on any atom is 0.179 e. The lowest BCUT2D eigenvalue weighted by molar-refractivity contribution is 0.0173. The standard InChI is InChI=1S/2C23H29BrO4S/c2*1-4-6-12-23(5-2)15-29(26,27)20-11-10-17(24)14-19(20)21(22(23)25)16-8-7-9-18(13-16)28-3/h2*7-11,13-14,21-22,25H,4-6,12,15H2,1-3H3/t21-,22?,23+;21-,22?,23-/m01/s1. The van der Waals surface area contributed by atoms with E-state index in [1.165, 1.54) is 0 Å². The van der Waals surface area contributed by atoms with E-state index >= 15 is 0 Å². The van der Waals surface area contributed by atoms with Gasteiger partial charge < -0.3 is 19.7 Å². The Labute approximate surface area is 362 Å². The molecule has 2 aliphatic heterocycles. The first-order valence-corrected chi connectivity index (χ1v) is 25.1. The predicted octanol–water partition coefficient (Wildman–Crippen LogP) is 10.6. The van der Waals surface area contributed by atoms with Crippen LogP contribution in [0.4, 0.5) is 0 Å². The molecule has 8 nitrogen and oxygen atoms in total. The smallest absolute Gasteiger partial charge is 0.179 e. The number of unbranched alkanes of at least 4 members (excludes halogenated alkanes) is 2. The molecule has 0 radical (unpaired) electrons. The molecule has 0 bridgehead atoms. The zero-order valence-corrected chi connectivity index (χ0v) is 39.2. The van der Waals surface area contributed by atoms with Crippen molar-refractivity contribution >= 4 is 51.5 Å². The zero-order chi connectivity index (χ0) is 42.5. The molecule has 58 heavy (non-hydrogen) atoms. The van der Waals surface area contributed by atoms with Gasteiger partial charge in [0.2, 0.25) is 0 Å². The number of benzene rings is 4. The molecule has 4 aromatic carbocycles. The lowest BCUT2D eigenvalue weighted by Crippen LogP contribution is -2.42. The van der Waals surface area contributed by atoms with Gasteiger partial charge in [-0.05, 0) is 109 Å². The number of methoxy groups -OCH3 is 2. The van der Waals surface area contributed by atoms with Crippen molar-refractivity contribution in [1.29, 1.82) is 0 Å². The molecule has 2 N–H and O–H groups in total. The highest BCUT2D eigenvalue weighted by molar-refractivity contribution is 9.10. The summed E-state index contributed by atoms with van der Waals surface area (Å²) in [5.41, 5.74) is 1.62. The van der Waals surface area contributed by atoms with E-state index in [0.717, 1.165) is 45.8 Å². The van der Waals surface area contributed by atoms with Gasteiger partial charge >= 0.3 is 0 Å². The van der Waals surface area contributed by atoms with E-state index in [9.17, 15) is 27.0 Å². The van der Waals surface area contributed by atoms with Crippen LogP contribution in [0.1, 0.15) is 113 Å². The summed E-state index contributed by atoms with van der Waals surface area (Å²) < 4.78 is 66.1. The first-order valence-electron chi connectivity index (χ1n) is 20.2. The van der Waals surface area contributed by atoms with E-state index in [2.05, 4.69) is 45.7 Å². The summed E-state index contributed by atoms with van der Waals surface area (Å²) in [5, 5.41) is 23.5. The fraction of sp³-hybridized carbons (Fsp3) is 0.478. The van der Waals surface area contributed by atoms with E-state index in [1.807, 2.05) is 74.5 Å². The molecule has 0 amide bonds. The number of halogens is 2. The number of aliphatic hydroxyl groups is 2. The van der Waals surface area contributed by atoms with Crippen LogP contribution >= 0.6 is 31.9 Å². The van der Waals surface area contributed by atoms with Crippen molar-refractivity contribution < 1.29 is 36.5 Å². The first-order chi connectivity index (χ1) is 27.6. The fourth-order valence-corrected chi connectivity index (χ4v) is 14.4. The highest BCUT2D eigenvalue weighted by atomic mass is 79.9. The van der Waals surface area contributed by atoms with E-state index in [-0.39, 0.29) is 11.5 Å². The highest BCUT2D eigenvalue weighted by Gasteiger charge is 2.50. The van der Waals surface area contributed by atoms with Crippen LogP contribution in [-0.4, -0.2) is 65.0 Å². The fourth-order valence-electron chi connectivity index (χ4n) is 9.09. The Kier molecular flexibility index (Phi) is 15.4. The Balaban J connectivity index is 0.000000221. The number of hydrogen-bond acceptors (Lipinski definition) is 8. The molecule has 316 valence electrons. The van der Waals surface area contributed by atoms with Crippen LogP contribution in [-0.2, 0) is 19.7 Å². The van der Waals surface area contributed by atoms with Crippen LogP contribution in [0.15, 0.2) is 104 Å². The minimum Gasteiger partial charge on any atom is -0.497 e. The molecule has 6 atom stereocenters. The minimum atomic E-state index is -3.55. The number of hydrogen-bond donors (Lipinski definition) is 2. The summed E-state index contributed by atoms with van der Waals surface area (Å²) in [6, 6.07) is 25.7. The molecule has 12 heteroatoms. The van der Waals surface area contributed by atoms with Crippen LogP contribution in [0.3, 0.4) is 0 Å². The summed E-state index contributed by atoms with van der Waals surface area (Å²) in [4.78, 5) is 0.638. The SMILES string of the molecule is CCCC[C@]1(CC)CS(=O)(=O)c2ccc(Br)cc2[C@@H](c2cccc(OC)c2)C1O.CCCC[C@]1(CC)CS(=O)(=O)c2ccc(Br)cc2[C@H](c2cccc(OC)c2)C1O. The van der Waals surface area contributed by atoms with Crippen LogP contribution < -0.4 is 9.47 Å². The van der Waals surface area contributed by atoms with E-state index in [1.54, 1.807) is 38.5 Å². The Hall–Kier alpha value is -2.74. The minimum absolute atomic E-state index is 0.0350. The molecule has 4 aromatic rings. The van der Waals surface area contributed by atoms with Crippen LogP contribution in [0.2, 0.25) is 0 Å². The maximum atomic E-state index is 13.4. The summed E-state index contributed by atoms with van der Waals surface area (Å²) in [5.74, 6) is 0.404. The second-order valence-corrected chi connectivity index (χ2v) is 21.7. The number of aliphatic hydroxyl groups excluding tert-OH is 2. The molecule has 2 heterocycles. The van der Waals surface area contributed by atoms with Gasteiger partial charge in [0.1, 0.15) is 11.5 Å². The van der Waals surface area contributed by atoms with Crippen molar-refractivity contribution in [2.45, 2.75) is 113 Å². The molecule has 0 aliphatic carbocycles. The Morgan fingerprint density at radius 2 is 0.983 bits per heavy atom. The largest absolute Gasteiger partial charge is 0.497 e. The van der Waals surface area contributed by atoms with E-state index in [4.69, 9.17) is 9.47 Å². The van der Waals surface area contributed by atoms with Gasteiger partial charge in [0.15, 0.2) is 19.7 Å². The second kappa shape index (κ2) is 19.3. The monoisotopic (exact) mass is 960 g/mol. The molecule has 0 saturated carbocycles. The third kappa shape index (κ3) is 9.57. The summed E-state index contributed by atoms with van der Waals surface area (Å²) in [6.07, 6.45) is 4.58. The number of sulfone groups is 2. The molecule has 0 fully saturated rings. The van der Waals surface area contributed by atoms with Gasteiger partial charge in [0.05, 0.1) is 47.7 Å². The van der Waals surface area contributed by atoms with Crippen LogP contribution in [0, 0.1) is 10.8 Å². The normalized spacial score (nSPS) is 25.8. The number of ether oxygens (including phenoxy) is 2. The molecule has 6 rings (SSSR count). The topological polar surface area (TPSA) is 127 Å². The van der Waals surface area contributed by atoms with Gasteiger partial charge in [-0.2, -0.15) is 0 Å². The van der Waals surface area contributed by atoms with Gasteiger partial charge in [-0.1, -0.05) is 110 Å². The zero-order valence-electron chi connectivity index (χ0n) is 34.4. The van der Waals surface area contributed by atoms with Crippen molar-refractivity contribution in [3.05, 3.63) is 116 Å². The molecule has 2 unspecified atom stereocenters. The van der Waals surface area contributed by atoms with Crippen molar-refractivity contribution in [3.8, 4) is 11.5 Å².